The van der Waals surface area contributed by atoms with Crippen LogP contribution in [0.1, 0.15) is 52.5 Å². The first-order chi connectivity index (χ1) is 8.77. The average molecular weight is 266 g/mol. The van der Waals surface area contributed by atoms with Crippen LogP contribution in [0.15, 0.2) is 6.33 Å². The van der Waals surface area contributed by atoms with Gasteiger partial charge in [-0.25, -0.2) is 9.97 Å². The van der Waals surface area contributed by atoms with Gasteiger partial charge >= 0.3 is 0 Å². The smallest absolute Gasteiger partial charge is 0.135 e. The van der Waals surface area contributed by atoms with Gasteiger partial charge in [-0.15, -0.1) is 0 Å². The Hall–Kier alpha value is -1.36. The van der Waals surface area contributed by atoms with Crippen molar-refractivity contribution in [3.8, 4) is 0 Å². The Morgan fingerprint density at radius 3 is 2.42 bits per heavy atom. The number of nitrogens with zero attached hydrogens (tertiary/aromatic N) is 2. The van der Waals surface area contributed by atoms with Crippen LogP contribution in [0.4, 0.5) is 11.6 Å². The number of aliphatic hydroxyl groups is 1. The Kier molecular flexibility index (Phi) is 5.11. The fourth-order valence-corrected chi connectivity index (χ4v) is 2.11. The summed E-state index contributed by atoms with van der Waals surface area (Å²) in [7, 11) is 0. The summed E-state index contributed by atoms with van der Waals surface area (Å²) in [5.74, 6) is 1.54. The van der Waals surface area contributed by atoms with Gasteiger partial charge in [0.1, 0.15) is 18.0 Å². The van der Waals surface area contributed by atoms with Gasteiger partial charge in [-0.2, -0.15) is 0 Å². The maximum absolute atomic E-state index is 9.21. The molecule has 108 valence electrons. The molecule has 1 atom stereocenters. The van der Waals surface area contributed by atoms with E-state index in [9.17, 15) is 5.11 Å². The third-order valence-corrected chi connectivity index (χ3v) is 3.27. The number of nitrogen functional groups attached to an aromatic ring is 1. The molecule has 0 bridgehead atoms. The molecule has 4 N–H and O–H groups in total. The molecule has 1 aromatic heterocycles. The van der Waals surface area contributed by atoms with Crippen LogP contribution in [0.25, 0.3) is 0 Å². The van der Waals surface area contributed by atoms with E-state index in [1.54, 1.807) is 0 Å². The van der Waals surface area contributed by atoms with Crippen LogP contribution >= 0.6 is 0 Å². The second-order valence-electron chi connectivity index (χ2n) is 6.25. The van der Waals surface area contributed by atoms with Crippen LogP contribution in [-0.2, 0) is 0 Å². The summed E-state index contributed by atoms with van der Waals surface area (Å²) in [5.41, 5.74) is 6.90. The lowest BCUT2D eigenvalue weighted by atomic mass is 9.84. The second kappa shape index (κ2) is 6.19. The summed E-state index contributed by atoms with van der Waals surface area (Å²) in [4.78, 5) is 8.37. The molecule has 0 saturated heterocycles. The summed E-state index contributed by atoms with van der Waals surface area (Å²) in [5, 5.41) is 12.6. The van der Waals surface area contributed by atoms with Gasteiger partial charge in [0.05, 0.1) is 0 Å². The largest absolute Gasteiger partial charge is 0.396 e. The first kappa shape index (κ1) is 15.7. The highest BCUT2D eigenvalue weighted by Gasteiger charge is 2.26. The molecule has 1 rings (SSSR count). The van der Waals surface area contributed by atoms with Crippen molar-refractivity contribution in [2.45, 2.75) is 53.0 Å². The molecule has 0 spiro atoms. The van der Waals surface area contributed by atoms with E-state index in [0.29, 0.717) is 12.2 Å². The number of anilines is 2. The minimum Gasteiger partial charge on any atom is -0.396 e. The van der Waals surface area contributed by atoms with Crippen molar-refractivity contribution in [3.63, 3.8) is 0 Å². The minimum atomic E-state index is 0.0245. The fraction of sp³-hybridized carbons (Fsp3) is 0.714. The molecule has 0 aromatic carbocycles. The van der Waals surface area contributed by atoms with E-state index in [2.05, 4.69) is 49.9 Å². The monoisotopic (exact) mass is 266 g/mol. The zero-order valence-corrected chi connectivity index (χ0v) is 12.6. The molecule has 0 fully saturated rings. The molecule has 1 aromatic rings. The van der Waals surface area contributed by atoms with Gasteiger partial charge in [-0.05, 0) is 17.8 Å². The summed E-state index contributed by atoms with van der Waals surface area (Å²) in [6.45, 7) is 10.7. The Bertz CT molecular complexity index is 412. The van der Waals surface area contributed by atoms with E-state index in [1.165, 1.54) is 6.33 Å². The number of rotatable bonds is 5. The zero-order chi connectivity index (χ0) is 14.6. The van der Waals surface area contributed by atoms with Crippen molar-refractivity contribution in [1.29, 1.82) is 0 Å². The molecule has 5 nitrogen and oxygen atoms in total. The van der Waals surface area contributed by atoms with Crippen molar-refractivity contribution < 1.29 is 5.11 Å². The van der Waals surface area contributed by atoms with Gasteiger partial charge in [0.25, 0.3) is 0 Å². The van der Waals surface area contributed by atoms with Crippen LogP contribution in [0.2, 0.25) is 0 Å². The molecule has 1 heterocycles. The van der Waals surface area contributed by atoms with Crippen LogP contribution in [0.5, 0.6) is 0 Å². The lowest BCUT2D eigenvalue weighted by Gasteiger charge is -2.32. The van der Waals surface area contributed by atoms with Crippen molar-refractivity contribution >= 4 is 11.6 Å². The quantitative estimate of drug-likeness (QED) is 0.762. The van der Waals surface area contributed by atoms with Crippen LogP contribution in [-0.4, -0.2) is 27.7 Å². The number of aromatic nitrogens is 2. The third kappa shape index (κ3) is 4.06. The third-order valence-electron chi connectivity index (χ3n) is 3.27. The molecule has 0 amide bonds. The number of hydrogen-bond donors (Lipinski definition) is 3. The maximum atomic E-state index is 9.21. The van der Waals surface area contributed by atoms with Crippen molar-refractivity contribution in [3.05, 3.63) is 11.9 Å². The maximum Gasteiger partial charge on any atom is 0.135 e. The van der Waals surface area contributed by atoms with Gasteiger partial charge in [0.2, 0.25) is 0 Å². The first-order valence-corrected chi connectivity index (χ1v) is 6.75. The molecule has 5 heteroatoms. The molecule has 0 saturated carbocycles. The molecular formula is C14H26N4O. The molecule has 0 aliphatic carbocycles. The molecule has 19 heavy (non-hydrogen) atoms. The fourth-order valence-electron chi connectivity index (χ4n) is 2.11. The van der Waals surface area contributed by atoms with Gasteiger partial charge in [-0.1, -0.05) is 34.6 Å². The van der Waals surface area contributed by atoms with E-state index in [0.717, 1.165) is 11.4 Å². The average Bonchev–Trinajstić information content (AvgIpc) is 2.26. The standard InChI is InChI=1S/C14H26N4O/c1-9(2)11-12(15)16-8-17-13(11)18-10(6-7-19)14(3,4)5/h8-10,19H,6-7H2,1-5H3,(H3,15,16,17,18). The van der Waals surface area contributed by atoms with E-state index in [4.69, 9.17) is 5.73 Å². The minimum absolute atomic E-state index is 0.0245. The number of nitrogens with two attached hydrogens (primary N) is 1. The van der Waals surface area contributed by atoms with Crippen molar-refractivity contribution in [2.75, 3.05) is 17.7 Å². The molecule has 0 aliphatic heterocycles. The van der Waals surface area contributed by atoms with E-state index < -0.39 is 0 Å². The number of hydrogen-bond acceptors (Lipinski definition) is 5. The Morgan fingerprint density at radius 2 is 1.95 bits per heavy atom. The lowest BCUT2D eigenvalue weighted by Crippen LogP contribution is -2.35. The first-order valence-electron chi connectivity index (χ1n) is 6.75. The van der Waals surface area contributed by atoms with Crippen molar-refractivity contribution in [1.82, 2.24) is 9.97 Å². The predicted molar refractivity (Wildman–Crippen MR) is 79.1 cm³/mol. The topological polar surface area (TPSA) is 84.1 Å². The predicted octanol–water partition coefficient (Wildman–Crippen LogP) is 2.39. The SMILES string of the molecule is CC(C)c1c(N)ncnc1NC(CCO)C(C)(C)C. The van der Waals surface area contributed by atoms with E-state index in [-0.39, 0.29) is 24.0 Å². The zero-order valence-electron chi connectivity index (χ0n) is 12.6. The number of aliphatic hydroxyl groups excluding tert-OH is 1. The van der Waals surface area contributed by atoms with Crippen LogP contribution < -0.4 is 11.1 Å². The number of nitrogens with one attached hydrogen (secondary N) is 1. The molecular weight excluding hydrogens is 240 g/mol. The van der Waals surface area contributed by atoms with E-state index in [1.807, 2.05) is 0 Å². The highest BCUT2D eigenvalue weighted by atomic mass is 16.3. The highest BCUT2D eigenvalue weighted by molar-refractivity contribution is 5.57. The highest BCUT2D eigenvalue weighted by Crippen LogP contribution is 2.30. The normalized spacial score (nSPS) is 13.6. The van der Waals surface area contributed by atoms with Gasteiger partial charge in [0.15, 0.2) is 0 Å². The Balaban J connectivity index is 3.06. The summed E-state index contributed by atoms with van der Waals surface area (Å²) in [6.07, 6.45) is 2.15. The van der Waals surface area contributed by atoms with Gasteiger partial charge < -0.3 is 16.2 Å². The summed E-state index contributed by atoms with van der Waals surface area (Å²) < 4.78 is 0. The van der Waals surface area contributed by atoms with Crippen molar-refractivity contribution in [2.24, 2.45) is 5.41 Å². The Morgan fingerprint density at radius 1 is 1.32 bits per heavy atom. The lowest BCUT2D eigenvalue weighted by molar-refractivity contribution is 0.235. The Labute approximate surface area is 115 Å². The summed E-state index contributed by atoms with van der Waals surface area (Å²) in [6, 6.07) is 0.129. The summed E-state index contributed by atoms with van der Waals surface area (Å²) >= 11 is 0. The molecule has 0 radical (unpaired) electrons. The van der Waals surface area contributed by atoms with Crippen LogP contribution in [0.3, 0.4) is 0 Å². The second-order valence-corrected chi connectivity index (χ2v) is 6.25. The van der Waals surface area contributed by atoms with E-state index >= 15 is 0 Å². The van der Waals surface area contributed by atoms with Gasteiger partial charge in [-0.3, -0.25) is 0 Å². The molecule has 0 aliphatic rings. The molecule has 1 unspecified atom stereocenters. The van der Waals surface area contributed by atoms with Gasteiger partial charge in [0, 0.05) is 18.2 Å². The van der Waals surface area contributed by atoms with Crippen LogP contribution in [0, 0.1) is 5.41 Å².